The van der Waals surface area contributed by atoms with Crippen LogP contribution in [0.25, 0.3) is 0 Å². The molecule has 0 fully saturated rings. The lowest BCUT2D eigenvalue weighted by atomic mass is 9.87. The number of hydrogen-bond acceptors (Lipinski definition) is 4. The van der Waals surface area contributed by atoms with Gasteiger partial charge in [0.2, 0.25) is 5.82 Å². The van der Waals surface area contributed by atoms with Crippen LogP contribution in [0.5, 0.6) is 0 Å². The van der Waals surface area contributed by atoms with E-state index in [2.05, 4.69) is 28.4 Å². The van der Waals surface area contributed by atoms with E-state index in [-0.39, 0.29) is 11.9 Å². The maximum atomic E-state index is 12.9. The summed E-state index contributed by atoms with van der Waals surface area (Å²) >= 11 is 0. The van der Waals surface area contributed by atoms with Gasteiger partial charge in [0.05, 0.1) is 12.6 Å². The van der Waals surface area contributed by atoms with Crippen molar-refractivity contribution in [3.05, 3.63) is 47.0 Å². The van der Waals surface area contributed by atoms with Crippen molar-refractivity contribution >= 4 is 5.91 Å². The lowest BCUT2D eigenvalue weighted by molar-refractivity contribution is 0.0654. The summed E-state index contributed by atoms with van der Waals surface area (Å²) in [5.41, 5.74) is 2.61. The van der Waals surface area contributed by atoms with Crippen LogP contribution < -0.4 is 0 Å². The molecule has 0 saturated heterocycles. The molecule has 2 aliphatic rings. The van der Waals surface area contributed by atoms with Crippen LogP contribution in [-0.2, 0) is 24.3 Å². The molecule has 1 unspecified atom stereocenters. The number of carbonyl (C=O) groups excluding carboxylic acids is 1. The lowest BCUT2D eigenvalue weighted by Crippen LogP contribution is -2.35. The Kier molecular flexibility index (Phi) is 3.61. The normalized spacial score (nSPS) is 19.8. The topological polar surface area (TPSA) is 60.2 Å². The van der Waals surface area contributed by atoms with Crippen molar-refractivity contribution in [2.45, 2.75) is 38.5 Å². The summed E-state index contributed by atoms with van der Waals surface area (Å²) in [6.45, 7) is 1.66. The van der Waals surface area contributed by atoms with E-state index in [0.29, 0.717) is 25.6 Å². The largest absolute Gasteiger partial charge is 0.372 e. The van der Waals surface area contributed by atoms with Crippen LogP contribution in [-0.4, -0.2) is 39.2 Å². The molecule has 0 spiro atoms. The molecule has 0 N–H and O–H groups in total. The van der Waals surface area contributed by atoms with Gasteiger partial charge in [-0.3, -0.25) is 4.79 Å². The summed E-state index contributed by atoms with van der Waals surface area (Å²) in [5, 5.41) is 8.20. The van der Waals surface area contributed by atoms with Crippen LogP contribution in [0.3, 0.4) is 0 Å². The molecular formula is C17H20N4O2. The van der Waals surface area contributed by atoms with Crippen molar-refractivity contribution in [1.82, 2.24) is 19.7 Å². The van der Waals surface area contributed by atoms with Crippen molar-refractivity contribution in [2.24, 2.45) is 0 Å². The second kappa shape index (κ2) is 5.77. The van der Waals surface area contributed by atoms with E-state index in [1.165, 1.54) is 11.1 Å². The number of carbonyl (C=O) groups is 1. The van der Waals surface area contributed by atoms with Crippen molar-refractivity contribution < 1.29 is 9.53 Å². The average Bonchev–Trinajstić information content (AvgIpc) is 3.04. The molecule has 0 saturated carbocycles. The van der Waals surface area contributed by atoms with Crippen LogP contribution in [0.2, 0.25) is 0 Å². The molecule has 23 heavy (non-hydrogen) atoms. The van der Waals surface area contributed by atoms with Crippen LogP contribution >= 0.6 is 0 Å². The Labute approximate surface area is 135 Å². The van der Waals surface area contributed by atoms with Gasteiger partial charge in [-0.25, -0.2) is 0 Å². The summed E-state index contributed by atoms with van der Waals surface area (Å²) in [6, 6.07) is 8.52. The maximum Gasteiger partial charge on any atom is 0.292 e. The van der Waals surface area contributed by atoms with Crippen LogP contribution in [0.1, 0.15) is 46.5 Å². The van der Waals surface area contributed by atoms with Crippen LogP contribution in [0.4, 0.5) is 0 Å². The highest BCUT2D eigenvalue weighted by molar-refractivity contribution is 5.91. The maximum absolute atomic E-state index is 12.9. The summed E-state index contributed by atoms with van der Waals surface area (Å²) in [6.07, 6.45) is 3.18. The highest BCUT2D eigenvalue weighted by atomic mass is 16.5. The smallest absolute Gasteiger partial charge is 0.292 e. The SMILES string of the molecule is CN(C(=O)c1nnc2n1CCOC2)C1CCCc2ccccc21. The van der Waals surface area contributed by atoms with Gasteiger partial charge in [-0.2, -0.15) is 0 Å². The molecule has 1 aromatic carbocycles. The Bertz CT molecular complexity index is 740. The zero-order chi connectivity index (χ0) is 15.8. The number of ether oxygens (including phenoxy) is 1. The lowest BCUT2D eigenvalue weighted by Gasteiger charge is -2.33. The van der Waals surface area contributed by atoms with Crippen molar-refractivity contribution in [3.8, 4) is 0 Å². The molecular weight excluding hydrogens is 292 g/mol. The number of aromatic nitrogens is 3. The van der Waals surface area contributed by atoms with E-state index >= 15 is 0 Å². The summed E-state index contributed by atoms with van der Waals surface area (Å²) in [5.74, 6) is 1.10. The van der Waals surface area contributed by atoms with Gasteiger partial charge >= 0.3 is 0 Å². The Balaban J connectivity index is 1.64. The minimum absolute atomic E-state index is 0.0626. The molecule has 120 valence electrons. The second-order valence-corrected chi connectivity index (χ2v) is 6.17. The predicted octanol–water partition coefficient (Wildman–Crippen LogP) is 1.96. The standard InChI is InChI=1S/C17H20N4O2/c1-20(14-8-4-6-12-5-2-3-7-13(12)14)17(22)16-19-18-15-11-23-10-9-21(15)16/h2-3,5,7,14H,4,6,8-11H2,1H3. The fourth-order valence-electron chi connectivity index (χ4n) is 3.58. The highest BCUT2D eigenvalue weighted by Crippen LogP contribution is 2.34. The first-order chi connectivity index (χ1) is 11.3. The van der Waals surface area contributed by atoms with E-state index in [0.717, 1.165) is 25.1 Å². The molecule has 1 aromatic heterocycles. The van der Waals surface area contributed by atoms with Gasteiger partial charge in [-0.15, -0.1) is 10.2 Å². The van der Waals surface area contributed by atoms with Gasteiger partial charge in [0.1, 0.15) is 6.61 Å². The number of benzene rings is 1. The fourth-order valence-corrected chi connectivity index (χ4v) is 3.58. The molecule has 1 amide bonds. The summed E-state index contributed by atoms with van der Waals surface area (Å²) in [4.78, 5) is 14.8. The monoisotopic (exact) mass is 312 g/mol. The number of hydrogen-bond donors (Lipinski definition) is 0. The third-order valence-electron chi connectivity index (χ3n) is 4.83. The molecule has 0 radical (unpaired) electrons. The molecule has 6 heteroatoms. The summed E-state index contributed by atoms with van der Waals surface area (Å²) < 4.78 is 7.25. The van der Waals surface area contributed by atoms with E-state index < -0.39 is 0 Å². The number of amides is 1. The van der Waals surface area contributed by atoms with Gasteiger partial charge in [-0.1, -0.05) is 24.3 Å². The molecule has 2 heterocycles. The Hall–Kier alpha value is -2.21. The minimum Gasteiger partial charge on any atom is -0.372 e. The number of nitrogens with zero attached hydrogens (tertiary/aromatic N) is 4. The van der Waals surface area contributed by atoms with Crippen LogP contribution in [0.15, 0.2) is 24.3 Å². The van der Waals surface area contributed by atoms with Gasteiger partial charge in [0.15, 0.2) is 5.82 Å². The molecule has 4 rings (SSSR count). The molecule has 6 nitrogen and oxygen atoms in total. The predicted molar refractivity (Wildman–Crippen MR) is 83.9 cm³/mol. The van der Waals surface area contributed by atoms with E-state index in [9.17, 15) is 4.79 Å². The molecule has 1 atom stereocenters. The van der Waals surface area contributed by atoms with Gasteiger partial charge in [-0.05, 0) is 30.4 Å². The number of aryl methyl sites for hydroxylation is 1. The average molecular weight is 312 g/mol. The van der Waals surface area contributed by atoms with Gasteiger partial charge in [0, 0.05) is 13.6 Å². The fraction of sp³-hybridized carbons (Fsp3) is 0.471. The Morgan fingerprint density at radius 3 is 3.13 bits per heavy atom. The first kappa shape index (κ1) is 14.4. The van der Waals surface area contributed by atoms with Crippen LogP contribution in [0, 0.1) is 0 Å². The third kappa shape index (κ3) is 2.43. The minimum atomic E-state index is -0.0626. The van der Waals surface area contributed by atoms with Crippen molar-refractivity contribution in [1.29, 1.82) is 0 Å². The second-order valence-electron chi connectivity index (χ2n) is 6.17. The van der Waals surface area contributed by atoms with E-state index in [4.69, 9.17) is 4.74 Å². The van der Waals surface area contributed by atoms with E-state index in [1.54, 1.807) is 0 Å². The third-order valence-corrected chi connectivity index (χ3v) is 4.83. The zero-order valence-electron chi connectivity index (χ0n) is 13.2. The molecule has 2 aromatic rings. The first-order valence-electron chi connectivity index (χ1n) is 8.10. The molecule has 1 aliphatic carbocycles. The van der Waals surface area contributed by atoms with Crippen molar-refractivity contribution in [2.75, 3.05) is 13.7 Å². The quantitative estimate of drug-likeness (QED) is 0.850. The van der Waals surface area contributed by atoms with Gasteiger partial charge in [0.25, 0.3) is 5.91 Å². The van der Waals surface area contributed by atoms with E-state index in [1.807, 2.05) is 22.6 Å². The molecule has 0 bridgehead atoms. The number of fused-ring (bicyclic) bond motifs is 2. The molecule has 1 aliphatic heterocycles. The van der Waals surface area contributed by atoms with Gasteiger partial charge < -0.3 is 14.2 Å². The Morgan fingerprint density at radius 1 is 1.35 bits per heavy atom. The zero-order valence-corrected chi connectivity index (χ0v) is 13.2. The first-order valence-corrected chi connectivity index (χ1v) is 8.10. The highest BCUT2D eigenvalue weighted by Gasteiger charge is 2.30. The number of rotatable bonds is 2. The summed E-state index contributed by atoms with van der Waals surface area (Å²) in [7, 11) is 1.87. The Morgan fingerprint density at radius 2 is 2.22 bits per heavy atom. The van der Waals surface area contributed by atoms with Crippen molar-refractivity contribution in [3.63, 3.8) is 0 Å².